The predicted octanol–water partition coefficient (Wildman–Crippen LogP) is 1.48. The van der Waals surface area contributed by atoms with Gasteiger partial charge < -0.3 is 5.32 Å². The second kappa shape index (κ2) is 6.03. The number of thioether (sulfide) groups is 1. The van der Waals surface area contributed by atoms with Crippen molar-refractivity contribution in [2.75, 3.05) is 11.1 Å². The number of nitrogens with one attached hydrogen (secondary N) is 1. The summed E-state index contributed by atoms with van der Waals surface area (Å²) in [5, 5.41) is 12.5. The molecule has 2 aromatic rings. The third-order valence-electron chi connectivity index (χ3n) is 3.39. The number of hydrogen-bond acceptors (Lipinski definition) is 5. The molecular formula is C15H12N4O2S. The molecule has 1 atom stereocenters. The second-order valence-corrected chi connectivity index (χ2v) is 5.82. The number of carbonyl (C=O) groups is 1. The molecule has 22 heavy (non-hydrogen) atoms. The molecule has 1 aromatic carbocycles. The summed E-state index contributed by atoms with van der Waals surface area (Å²) in [4.78, 5) is 28.3. The highest BCUT2D eigenvalue weighted by Crippen LogP contribution is 2.25. The number of nitrogens with zero attached hydrogens (tertiary/aromatic N) is 3. The number of rotatable bonds is 2. The highest BCUT2D eigenvalue weighted by Gasteiger charge is 2.26. The quantitative estimate of drug-likeness (QED) is 0.849. The summed E-state index contributed by atoms with van der Waals surface area (Å²) in [5.74, 6) is 0.0135. The van der Waals surface area contributed by atoms with Crippen LogP contribution >= 0.6 is 11.8 Å². The smallest absolute Gasteiger partial charge is 0.254 e. The Kier molecular flexibility index (Phi) is 3.94. The van der Waals surface area contributed by atoms with Crippen LogP contribution in [0.25, 0.3) is 0 Å². The van der Waals surface area contributed by atoms with E-state index in [1.54, 1.807) is 24.3 Å². The molecule has 0 aliphatic carbocycles. The van der Waals surface area contributed by atoms with E-state index in [1.807, 2.05) is 6.07 Å². The van der Waals surface area contributed by atoms with Crippen molar-refractivity contribution < 1.29 is 4.79 Å². The van der Waals surface area contributed by atoms with E-state index in [1.165, 1.54) is 28.6 Å². The van der Waals surface area contributed by atoms with Crippen molar-refractivity contribution >= 4 is 23.4 Å². The number of aromatic nitrogens is 2. The van der Waals surface area contributed by atoms with E-state index in [0.717, 1.165) is 0 Å². The molecule has 3 rings (SSSR count). The molecule has 1 aliphatic rings. The molecule has 1 unspecified atom stereocenters. The number of carbonyl (C=O) groups excluding carboxylic acids is 1. The largest absolute Gasteiger partial charge is 0.325 e. The van der Waals surface area contributed by atoms with Crippen molar-refractivity contribution in [3.8, 4) is 6.07 Å². The molecule has 6 nitrogen and oxygen atoms in total. The van der Waals surface area contributed by atoms with Gasteiger partial charge in [-0.3, -0.25) is 14.2 Å². The number of benzene rings is 1. The fourth-order valence-electron chi connectivity index (χ4n) is 2.23. The van der Waals surface area contributed by atoms with Crippen LogP contribution in [-0.2, 0) is 11.3 Å². The maximum Gasteiger partial charge on any atom is 0.254 e. The molecule has 0 radical (unpaired) electrons. The van der Waals surface area contributed by atoms with Gasteiger partial charge >= 0.3 is 0 Å². The molecule has 0 bridgehead atoms. The summed E-state index contributed by atoms with van der Waals surface area (Å²) in [6.07, 6.45) is 1.48. The van der Waals surface area contributed by atoms with Gasteiger partial charge in [0.1, 0.15) is 6.07 Å². The van der Waals surface area contributed by atoms with E-state index in [0.29, 0.717) is 28.7 Å². The minimum atomic E-state index is -0.342. The third kappa shape index (κ3) is 2.73. The Morgan fingerprint density at radius 1 is 1.41 bits per heavy atom. The van der Waals surface area contributed by atoms with Crippen molar-refractivity contribution in [3.05, 3.63) is 52.4 Å². The number of para-hydroxylation sites is 1. The maximum absolute atomic E-state index is 12.4. The molecule has 0 saturated heterocycles. The van der Waals surface area contributed by atoms with Crippen LogP contribution in [-0.4, -0.2) is 21.2 Å². The van der Waals surface area contributed by atoms with Crippen molar-refractivity contribution in [2.24, 2.45) is 5.92 Å². The van der Waals surface area contributed by atoms with Gasteiger partial charge in [0, 0.05) is 24.6 Å². The first kappa shape index (κ1) is 14.4. The van der Waals surface area contributed by atoms with Crippen molar-refractivity contribution in [1.82, 2.24) is 9.55 Å². The summed E-state index contributed by atoms with van der Waals surface area (Å²) in [5.41, 5.74) is 0.746. The predicted molar refractivity (Wildman–Crippen MR) is 82.5 cm³/mol. The lowest BCUT2D eigenvalue weighted by Gasteiger charge is -2.23. The number of anilines is 1. The molecule has 1 N–H and O–H groups in total. The van der Waals surface area contributed by atoms with Crippen LogP contribution in [0.4, 0.5) is 5.69 Å². The summed E-state index contributed by atoms with van der Waals surface area (Å²) in [6.45, 7) is 0.301. The monoisotopic (exact) mass is 312 g/mol. The summed E-state index contributed by atoms with van der Waals surface area (Å²) < 4.78 is 1.51. The normalized spacial score (nSPS) is 16.4. The Bertz CT molecular complexity index is 825. The first-order valence-electron chi connectivity index (χ1n) is 6.67. The molecule has 2 heterocycles. The molecule has 110 valence electrons. The zero-order chi connectivity index (χ0) is 15.5. The lowest BCUT2D eigenvalue weighted by Crippen LogP contribution is -2.36. The van der Waals surface area contributed by atoms with Crippen LogP contribution in [0.2, 0.25) is 0 Å². The Balaban J connectivity index is 1.79. The van der Waals surface area contributed by atoms with Crippen LogP contribution in [0.3, 0.4) is 0 Å². The molecule has 1 amide bonds. The number of amides is 1. The lowest BCUT2D eigenvalue weighted by atomic mass is 10.1. The standard InChI is InChI=1S/C15H12N4O2S/c16-7-10-3-1-2-4-12(10)18-14(21)11-8-19-13(20)5-6-17-15(19)22-9-11/h1-6,11H,8-9H2,(H,18,21). The molecule has 0 spiro atoms. The number of fused-ring (bicyclic) bond motifs is 1. The Morgan fingerprint density at radius 3 is 3.05 bits per heavy atom. The zero-order valence-corrected chi connectivity index (χ0v) is 12.3. The van der Waals surface area contributed by atoms with Gasteiger partial charge in [-0.15, -0.1) is 0 Å². The van der Waals surface area contributed by atoms with Crippen LogP contribution < -0.4 is 10.9 Å². The minimum Gasteiger partial charge on any atom is -0.325 e. The van der Waals surface area contributed by atoms with Crippen LogP contribution in [0.15, 0.2) is 46.5 Å². The van der Waals surface area contributed by atoms with Gasteiger partial charge in [-0.25, -0.2) is 4.98 Å². The van der Waals surface area contributed by atoms with Gasteiger partial charge in [0.15, 0.2) is 5.16 Å². The van der Waals surface area contributed by atoms with E-state index in [2.05, 4.69) is 10.3 Å². The minimum absolute atomic E-state index is 0.160. The second-order valence-electron chi connectivity index (χ2n) is 4.83. The lowest BCUT2D eigenvalue weighted by molar-refractivity contribution is -0.119. The van der Waals surface area contributed by atoms with E-state index in [-0.39, 0.29) is 17.4 Å². The van der Waals surface area contributed by atoms with Crippen LogP contribution in [0.5, 0.6) is 0 Å². The van der Waals surface area contributed by atoms with E-state index >= 15 is 0 Å². The average molecular weight is 312 g/mol. The van der Waals surface area contributed by atoms with Gasteiger partial charge in [0.2, 0.25) is 5.91 Å². The van der Waals surface area contributed by atoms with E-state index in [9.17, 15) is 9.59 Å². The molecule has 0 saturated carbocycles. The Labute approximate surface area is 130 Å². The highest BCUT2D eigenvalue weighted by molar-refractivity contribution is 7.99. The Morgan fingerprint density at radius 2 is 2.23 bits per heavy atom. The average Bonchev–Trinajstić information content (AvgIpc) is 2.55. The molecule has 0 fully saturated rings. The molecular weight excluding hydrogens is 300 g/mol. The zero-order valence-electron chi connectivity index (χ0n) is 11.5. The number of hydrogen-bond donors (Lipinski definition) is 1. The van der Waals surface area contributed by atoms with Gasteiger partial charge in [-0.05, 0) is 12.1 Å². The first-order chi connectivity index (χ1) is 10.7. The summed E-state index contributed by atoms with van der Waals surface area (Å²) >= 11 is 1.39. The Hall–Kier alpha value is -2.59. The molecule has 7 heteroatoms. The molecule has 1 aliphatic heterocycles. The van der Waals surface area contributed by atoms with Gasteiger partial charge in [-0.2, -0.15) is 5.26 Å². The van der Waals surface area contributed by atoms with Crippen molar-refractivity contribution in [2.45, 2.75) is 11.7 Å². The van der Waals surface area contributed by atoms with Crippen LogP contribution in [0.1, 0.15) is 5.56 Å². The van der Waals surface area contributed by atoms with Crippen molar-refractivity contribution in [3.63, 3.8) is 0 Å². The summed E-state index contributed by atoms with van der Waals surface area (Å²) in [7, 11) is 0. The van der Waals surface area contributed by atoms with Gasteiger partial charge in [0.25, 0.3) is 5.56 Å². The van der Waals surface area contributed by atoms with E-state index < -0.39 is 0 Å². The molecule has 1 aromatic heterocycles. The third-order valence-corrected chi connectivity index (χ3v) is 4.54. The van der Waals surface area contributed by atoms with Crippen LogP contribution in [0, 0.1) is 17.2 Å². The fraction of sp³-hybridized carbons (Fsp3) is 0.200. The maximum atomic E-state index is 12.4. The fourth-order valence-corrected chi connectivity index (χ4v) is 3.30. The van der Waals surface area contributed by atoms with Gasteiger partial charge in [0.05, 0.1) is 17.2 Å². The van der Waals surface area contributed by atoms with Gasteiger partial charge in [-0.1, -0.05) is 23.9 Å². The topological polar surface area (TPSA) is 87.8 Å². The number of nitriles is 1. The van der Waals surface area contributed by atoms with E-state index in [4.69, 9.17) is 5.26 Å². The van der Waals surface area contributed by atoms with Crippen molar-refractivity contribution in [1.29, 1.82) is 5.26 Å². The highest BCUT2D eigenvalue weighted by atomic mass is 32.2. The summed E-state index contributed by atoms with van der Waals surface area (Å²) in [6, 6.07) is 10.3. The SMILES string of the molecule is N#Cc1ccccc1NC(=O)C1CSc2nccc(=O)n2C1. The first-order valence-corrected chi connectivity index (χ1v) is 7.66.